The smallest absolute Gasteiger partial charge is 0.0959 e. The summed E-state index contributed by atoms with van der Waals surface area (Å²) in [5, 5.41) is 10.9. The molecule has 0 spiro atoms. The Bertz CT molecular complexity index is 453. The molecule has 0 amide bonds. The summed E-state index contributed by atoms with van der Waals surface area (Å²) in [6.45, 7) is 2.06. The standard InChI is InChI=1S/C13H15NO/c1-2-5-13(15)12-9-8-10-6-3-4-7-11(10)14-12/h3-4,6-9,13,15H,2,5H2,1H3/t13-/m0/s1. The van der Waals surface area contributed by atoms with Crippen LogP contribution >= 0.6 is 0 Å². The lowest BCUT2D eigenvalue weighted by molar-refractivity contribution is 0.162. The van der Waals surface area contributed by atoms with Gasteiger partial charge in [-0.1, -0.05) is 37.6 Å². The van der Waals surface area contributed by atoms with E-state index in [0.717, 1.165) is 29.4 Å². The van der Waals surface area contributed by atoms with Crippen LogP contribution in [-0.4, -0.2) is 10.1 Å². The third kappa shape index (κ3) is 2.16. The highest BCUT2D eigenvalue weighted by Gasteiger charge is 2.07. The second-order valence-electron chi connectivity index (χ2n) is 3.73. The van der Waals surface area contributed by atoms with Crippen molar-refractivity contribution in [2.75, 3.05) is 0 Å². The number of hydrogen-bond acceptors (Lipinski definition) is 2. The van der Waals surface area contributed by atoms with Crippen LogP contribution in [0.3, 0.4) is 0 Å². The van der Waals surface area contributed by atoms with E-state index in [1.54, 1.807) is 0 Å². The Labute approximate surface area is 89.6 Å². The maximum atomic E-state index is 9.82. The summed E-state index contributed by atoms with van der Waals surface area (Å²) in [5.74, 6) is 0. The van der Waals surface area contributed by atoms with Crippen LogP contribution in [0.25, 0.3) is 10.9 Å². The zero-order valence-corrected chi connectivity index (χ0v) is 8.85. The van der Waals surface area contributed by atoms with Gasteiger partial charge < -0.3 is 5.11 Å². The Morgan fingerprint density at radius 2 is 2.00 bits per heavy atom. The summed E-state index contributed by atoms with van der Waals surface area (Å²) >= 11 is 0. The summed E-state index contributed by atoms with van der Waals surface area (Å²) in [6.07, 6.45) is 1.31. The molecule has 1 N–H and O–H groups in total. The van der Waals surface area contributed by atoms with E-state index in [4.69, 9.17) is 0 Å². The lowest BCUT2D eigenvalue weighted by Gasteiger charge is -2.09. The first-order chi connectivity index (χ1) is 7.31. The summed E-state index contributed by atoms with van der Waals surface area (Å²) in [6, 6.07) is 11.9. The molecule has 0 saturated heterocycles. The van der Waals surface area contributed by atoms with E-state index in [0.29, 0.717) is 0 Å². The largest absolute Gasteiger partial charge is 0.387 e. The van der Waals surface area contributed by atoms with Crippen molar-refractivity contribution < 1.29 is 5.11 Å². The van der Waals surface area contributed by atoms with Gasteiger partial charge in [-0.25, -0.2) is 0 Å². The van der Waals surface area contributed by atoms with Gasteiger partial charge in [0.25, 0.3) is 0 Å². The zero-order chi connectivity index (χ0) is 10.7. The van der Waals surface area contributed by atoms with Crippen molar-refractivity contribution >= 4 is 10.9 Å². The normalized spacial score (nSPS) is 12.9. The third-order valence-electron chi connectivity index (χ3n) is 2.52. The SMILES string of the molecule is CCC[C@H](O)c1ccc2ccccc2n1. The Hall–Kier alpha value is -1.41. The van der Waals surface area contributed by atoms with Crippen LogP contribution in [0.1, 0.15) is 31.6 Å². The number of benzene rings is 1. The van der Waals surface area contributed by atoms with Gasteiger partial charge >= 0.3 is 0 Å². The van der Waals surface area contributed by atoms with Gasteiger partial charge in [0.15, 0.2) is 0 Å². The molecular weight excluding hydrogens is 186 g/mol. The Morgan fingerprint density at radius 1 is 1.20 bits per heavy atom. The van der Waals surface area contributed by atoms with E-state index in [2.05, 4.69) is 11.9 Å². The number of rotatable bonds is 3. The minimum absolute atomic E-state index is 0.431. The van der Waals surface area contributed by atoms with Crippen molar-refractivity contribution in [3.05, 3.63) is 42.1 Å². The highest BCUT2D eigenvalue weighted by molar-refractivity contribution is 5.78. The molecule has 2 aromatic rings. The number of aromatic nitrogens is 1. The molecule has 0 aliphatic carbocycles. The first-order valence-electron chi connectivity index (χ1n) is 5.35. The summed E-state index contributed by atoms with van der Waals surface area (Å²) in [5.41, 5.74) is 1.72. The quantitative estimate of drug-likeness (QED) is 0.827. The minimum atomic E-state index is -0.431. The van der Waals surface area contributed by atoms with E-state index < -0.39 is 6.10 Å². The molecule has 0 aliphatic heterocycles. The Kier molecular flexibility index (Phi) is 2.97. The van der Waals surface area contributed by atoms with Gasteiger partial charge in [-0.2, -0.15) is 0 Å². The van der Waals surface area contributed by atoms with Crippen molar-refractivity contribution in [2.24, 2.45) is 0 Å². The monoisotopic (exact) mass is 201 g/mol. The van der Waals surface area contributed by atoms with Crippen LogP contribution in [0.2, 0.25) is 0 Å². The second kappa shape index (κ2) is 4.41. The van der Waals surface area contributed by atoms with Crippen molar-refractivity contribution in [3.63, 3.8) is 0 Å². The van der Waals surface area contributed by atoms with Gasteiger partial charge in [-0.05, 0) is 18.6 Å². The summed E-state index contributed by atoms with van der Waals surface area (Å²) in [7, 11) is 0. The van der Waals surface area contributed by atoms with Gasteiger partial charge in [-0.3, -0.25) is 4.98 Å². The van der Waals surface area contributed by atoms with Crippen LogP contribution < -0.4 is 0 Å². The number of fused-ring (bicyclic) bond motifs is 1. The third-order valence-corrected chi connectivity index (χ3v) is 2.52. The molecule has 0 radical (unpaired) electrons. The lowest BCUT2D eigenvalue weighted by atomic mass is 10.1. The maximum absolute atomic E-state index is 9.82. The molecule has 15 heavy (non-hydrogen) atoms. The highest BCUT2D eigenvalue weighted by Crippen LogP contribution is 2.19. The number of hydrogen-bond donors (Lipinski definition) is 1. The molecule has 78 valence electrons. The zero-order valence-electron chi connectivity index (χ0n) is 8.85. The predicted molar refractivity (Wildman–Crippen MR) is 61.6 cm³/mol. The fourth-order valence-corrected chi connectivity index (χ4v) is 1.69. The first kappa shape index (κ1) is 10.1. The molecule has 0 unspecified atom stereocenters. The van der Waals surface area contributed by atoms with E-state index in [1.165, 1.54) is 0 Å². The minimum Gasteiger partial charge on any atom is -0.387 e. The summed E-state index contributed by atoms with van der Waals surface area (Å²) < 4.78 is 0. The van der Waals surface area contributed by atoms with Crippen LogP contribution in [0.15, 0.2) is 36.4 Å². The fourth-order valence-electron chi connectivity index (χ4n) is 1.69. The Morgan fingerprint density at radius 3 is 2.80 bits per heavy atom. The molecule has 1 heterocycles. The number of nitrogens with zero attached hydrogens (tertiary/aromatic N) is 1. The molecule has 1 aromatic heterocycles. The average molecular weight is 201 g/mol. The molecule has 0 bridgehead atoms. The van der Waals surface area contributed by atoms with Crippen molar-refractivity contribution in [1.29, 1.82) is 0 Å². The van der Waals surface area contributed by atoms with Crippen molar-refractivity contribution in [1.82, 2.24) is 4.98 Å². The average Bonchev–Trinajstić information content (AvgIpc) is 2.29. The molecule has 2 nitrogen and oxygen atoms in total. The van der Waals surface area contributed by atoms with Gasteiger partial charge in [0.2, 0.25) is 0 Å². The van der Waals surface area contributed by atoms with E-state index >= 15 is 0 Å². The van der Waals surface area contributed by atoms with Crippen LogP contribution in [0, 0.1) is 0 Å². The maximum Gasteiger partial charge on any atom is 0.0959 e. The molecule has 0 saturated carbocycles. The number of pyridine rings is 1. The molecule has 0 fully saturated rings. The molecule has 1 atom stereocenters. The van der Waals surface area contributed by atoms with Gasteiger partial charge in [-0.15, -0.1) is 0 Å². The number of aliphatic hydroxyl groups excluding tert-OH is 1. The number of para-hydroxylation sites is 1. The molecule has 1 aromatic carbocycles. The second-order valence-corrected chi connectivity index (χ2v) is 3.73. The molecule has 2 rings (SSSR count). The van der Waals surface area contributed by atoms with E-state index in [-0.39, 0.29) is 0 Å². The van der Waals surface area contributed by atoms with E-state index in [1.807, 2.05) is 36.4 Å². The summed E-state index contributed by atoms with van der Waals surface area (Å²) in [4.78, 5) is 4.44. The fraction of sp³-hybridized carbons (Fsp3) is 0.308. The van der Waals surface area contributed by atoms with Gasteiger partial charge in [0, 0.05) is 5.39 Å². The predicted octanol–water partition coefficient (Wildman–Crippen LogP) is 3.07. The molecule has 0 aliphatic rings. The van der Waals surface area contributed by atoms with E-state index in [9.17, 15) is 5.11 Å². The molecule has 2 heteroatoms. The van der Waals surface area contributed by atoms with Crippen LogP contribution in [0.5, 0.6) is 0 Å². The van der Waals surface area contributed by atoms with Crippen LogP contribution in [-0.2, 0) is 0 Å². The molecular formula is C13H15NO. The van der Waals surface area contributed by atoms with Gasteiger partial charge in [0.1, 0.15) is 0 Å². The van der Waals surface area contributed by atoms with Crippen LogP contribution in [0.4, 0.5) is 0 Å². The topological polar surface area (TPSA) is 33.1 Å². The number of aliphatic hydroxyl groups is 1. The highest BCUT2D eigenvalue weighted by atomic mass is 16.3. The lowest BCUT2D eigenvalue weighted by Crippen LogP contribution is -1.99. The Balaban J connectivity index is 2.38. The van der Waals surface area contributed by atoms with Gasteiger partial charge in [0.05, 0.1) is 17.3 Å². The first-order valence-corrected chi connectivity index (χ1v) is 5.35. The van der Waals surface area contributed by atoms with Crippen molar-refractivity contribution in [2.45, 2.75) is 25.9 Å². The van der Waals surface area contributed by atoms with Crippen molar-refractivity contribution in [3.8, 4) is 0 Å².